The number of methoxy groups -OCH3 is 1. The number of amides is 2. The Kier molecular flexibility index (Phi) is 5.00. The predicted octanol–water partition coefficient (Wildman–Crippen LogP) is 0.871. The van der Waals surface area contributed by atoms with Crippen LogP contribution in [-0.2, 0) is 9.59 Å². The Labute approximate surface area is 163 Å². The van der Waals surface area contributed by atoms with Gasteiger partial charge in [0.15, 0.2) is 6.04 Å². The van der Waals surface area contributed by atoms with Gasteiger partial charge >= 0.3 is 0 Å². The summed E-state index contributed by atoms with van der Waals surface area (Å²) in [5.74, 6) is 0.0169. The van der Waals surface area contributed by atoms with E-state index in [4.69, 9.17) is 4.74 Å². The SMILES string of the molecule is COc1cccc(N2CC[NH+]([C@@H]3CC(=O)N(c4ccc(F)cc4)C3=O)CC2)c1. The molecule has 4 rings (SSSR count). The lowest BCUT2D eigenvalue weighted by atomic mass is 10.1. The Balaban J connectivity index is 1.42. The lowest BCUT2D eigenvalue weighted by molar-refractivity contribution is -0.915. The van der Waals surface area contributed by atoms with E-state index in [-0.39, 0.29) is 24.3 Å². The highest BCUT2D eigenvalue weighted by atomic mass is 19.1. The number of anilines is 2. The number of hydrogen-bond acceptors (Lipinski definition) is 4. The molecule has 2 amide bonds. The minimum Gasteiger partial charge on any atom is -0.497 e. The number of benzene rings is 2. The maximum Gasteiger partial charge on any atom is 0.292 e. The summed E-state index contributed by atoms with van der Waals surface area (Å²) in [6, 6.07) is 13.0. The molecular formula is C21H23FN3O3+. The molecule has 0 saturated carbocycles. The fraction of sp³-hybridized carbons (Fsp3) is 0.333. The molecule has 0 bridgehead atoms. The monoisotopic (exact) mass is 384 g/mol. The zero-order valence-electron chi connectivity index (χ0n) is 15.7. The number of nitrogens with one attached hydrogen (secondary N) is 1. The van der Waals surface area contributed by atoms with Gasteiger partial charge in [0.1, 0.15) is 11.6 Å². The van der Waals surface area contributed by atoms with Gasteiger partial charge in [-0.15, -0.1) is 0 Å². The molecule has 0 aliphatic carbocycles. The van der Waals surface area contributed by atoms with Crippen LogP contribution < -0.4 is 19.4 Å². The zero-order chi connectivity index (χ0) is 19.7. The molecule has 2 fully saturated rings. The summed E-state index contributed by atoms with van der Waals surface area (Å²) in [4.78, 5) is 29.9. The largest absolute Gasteiger partial charge is 0.497 e. The molecule has 6 nitrogen and oxygen atoms in total. The molecule has 2 aromatic rings. The van der Waals surface area contributed by atoms with Crippen molar-refractivity contribution in [2.45, 2.75) is 12.5 Å². The molecule has 2 saturated heterocycles. The van der Waals surface area contributed by atoms with E-state index in [1.54, 1.807) is 7.11 Å². The molecule has 1 N–H and O–H groups in total. The first-order chi connectivity index (χ1) is 13.6. The van der Waals surface area contributed by atoms with Gasteiger partial charge in [0.2, 0.25) is 5.91 Å². The van der Waals surface area contributed by atoms with Gasteiger partial charge in [-0.05, 0) is 36.4 Å². The number of imide groups is 1. The van der Waals surface area contributed by atoms with Crippen LogP contribution in [0.3, 0.4) is 0 Å². The van der Waals surface area contributed by atoms with Gasteiger partial charge in [-0.1, -0.05) is 6.07 Å². The molecule has 28 heavy (non-hydrogen) atoms. The number of rotatable bonds is 4. The second-order valence-electron chi connectivity index (χ2n) is 7.15. The summed E-state index contributed by atoms with van der Waals surface area (Å²) in [7, 11) is 1.65. The first-order valence-corrected chi connectivity index (χ1v) is 9.43. The molecule has 7 heteroatoms. The lowest BCUT2D eigenvalue weighted by Crippen LogP contribution is -3.19. The number of piperazine rings is 1. The second-order valence-corrected chi connectivity index (χ2v) is 7.15. The Morgan fingerprint density at radius 2 is 1.75 bits per heavy atom. The van der Waals surface area contributed by atoms with Gasteiger partial charge in [0.05, 0.1) is 45.4 Å². The van der Waals surface area contributed by atoms with Crippen molar-refractivity contribution in [2.24, 2.45) is 0 Å². The Bertz CT molecular complexity index is 879. The van der Waals surface area contributed by atoms with Crippen LogP contribution in [0.4, 0.5) is 15.8 Å². The molecule has 2 aliphatic heterocycles. The average Bonchev–Trinajstić information content (AvgIpc) is 3.03. The Morgan fingerprint density at radius 3 is 2.43 bits per heavy atom. The molecule has 1 atom stereocenters. The highest BCUT2D eigenvalue weighted by molar-refractivity contribution is 6.21. The molecule has 0 aromatic heterocycles. The van der Waals surface area contributed by atoms with E-state index >= 15 is 0 Å². The Morgan fingerprint density at radius 1 is 1.04 bits per heavy atom. The van der Waals surface area contributed by atoms with Crippen LogP contribution in [0.1, 0.15) is 6.42 Å². The third kappa shape index (κ3) is 3.45. The van der Waals surface area contributed by atoms with Crippen molar-refractivity contribution in [2.75, 3.05) is 43.1 Å². The van der Waals surface area contributed by atoms with E-state index in [1.165, 1.54) is 29.2 Å². The van der Waals surface area contributed by atoms with E-state index in [0.717, 1.165) is 42.5 Å². The summed E-state index contributed by atoms with van der Waals surface area (Å²) in [5, 5.41) is 0. The Hall–Kier alpha value is -2.93. The standard InChI is InChI=1S/C21H22FN3O3/c1-28-18-4-2-3-17(13-18)23-9-11-24(12-10-23)19-14-20(26)25(21(19)27)16-7-5-15(22)6-8-16/h2-8,13,19H,9-12,14H2,1H3/p+1/t19-/m1/s1. The van der Waals surface area contributed by atoms with Crippen LogP contribution in [0.15, 0.2) is 48.5 Å². The van der Waals surface area contributed by atoms with Crippen LogP contribution in [0.5, 0.6) is 5.75 Å². The molecular weight excluding hydrogens is 361 g/mol. The van der Waals surface area contributed by atoms with Crippen LogP contribution in [0.25, 0.3) is 0 Å². The highest BCUT2D eigenvalue weighted by Crippen LogP contribution is 2.23. The maximum atomic E-state index is 13.2. The van der Waals surface area contributed by atoms with E-state index in [0.29, 0.717) is 5.69 Å². The van der Waals surface area contributed by atoms with Crippen molar-refractivity contribution < 1.29 is 23.6 Å². The maximum absolute atomic E-state index is 13.2. The number of nitrogens with zero attached hydrogens (tertiary/aromatic N) is 2. The summed E-state index contributed by atoms with van der Waals surface area (Å²) < 4.78 is 18.4. The minimum atomic E-state index is -0.390. The quantitative estimate of drug-likeness (QED) is 0.795. The zero-order valence-corrected chi connectivity index (χ0v) is 15.7. The van der Waals surface area contributed by atoms with E-state index in [1.807, 2.05) is 24.3 Å². The van der Waals surface area contributed by atoms with Crippen molar-refractivity contribution in [1.82, 2.24) is 0 Å². The average molecular weight is 384 g/mol. The molecule has 146 valence electrons. The fourth-order valence-electron chi connectivity index (χ4n) is 4.02. The number of ether oxygens (including phenoxy) is 1. The topological polar surface area (TPSA) is 54.3 Å². The lowest BCUT2D eigenvalue weighted by Gasteiger charge is -2.35. The van der Waals surface area contributed by atoms with E-state index < -0.39 is 5.82 Å². The van der Waals surface area contributed by atoms with Crippen LogP contribution in [0, 0.1) is 5.82 Å². The van der Waals surface area contributed by atoms with Gasteiger partial charge < -0.3 is 14.5 Å². The summed E-state index contributed by atoms with van der Waals surface area (Å²) in [6.07, 6.45) is 0.199. The van der Waals surface area contributed by atoms with Crippen molar-refractivity contribution in [3.63, 3.8) is 0 Å². The number of hydrogen-bond donors (Lipinski definition) is 1. The van der Waals surface area contributed by atoms with Gasteiger partial charge in [-0.2, -0.15) is 0 Å². The first kappa shape index (κ1) is 18.4. The minimum absolute atomic E-state index is 0.193. The second kappa shape index (κ2) is 7.59. The van der Waals surface area contributed by atoms with Gasteiger partial charge in [0.25, 0.3) is 5.91 Å². The van der Waals surface area contributed by atoms with Crippen molar-refractivity contribution in [1.29, 1.82) is 0 Å². The van der Waals surface area contributed by atoms with E-state index in [2.05, 4.69) is 4.90 Å². The van der Waals surface area contributed by atoms with E-state index in [9.17, 15) is 14.0 Å². The number of carbonyl (C=O) groups excluding carboxylic acids is 2. The molecule has 0 spiro atoms. The predicted molar refractivity (Wildman–Crippen MR) is 103 cm³/mol. The number of carbonyl (C=O) groups is 2. The number of quaternary nitrogens is 1. The molecule has 0 unspecified atom stereocenters. The van der Waals surface area contributed by atoms with Gasteiger partial charge in [-0.3, -0.25) is 9.59 Å². The first-order valence-electron chi connectivity index (χ1n) is 9.43. The summed E-state index contributed by atoms with van der Waals surface area (Å²) >= 11 is 0. The normalized spacial score (nSPS) is 20.7. The molecule has 2 aliphatic rings. The third-order valence-corrected chi connectivity index (χ3v) is 5.55. The number of halogens is 1. The summed E-state index contributed by atoms with van der Waals surface area (Å²) in [6.45, 7) is 3.16. The molecule has 0 radical (unpaired) electrons. The molecule has 2 heterocycles. The van der Waals surface area contributed by atoms with Crippen LogP contribution in [-0.4, -0.2) is 51.1 Å². The summed E-state index contributed by atoms with van der Waals surface area (Å²) in [5.41, 5.74) is 1.54. The van der Waals surface area contributed by atoms with Crippen molar-refractivity contribution in [3.05, 3.63) is 54.3 Å². The van der Waals surface area contributed by atoms with Crippen LogP contribution in [0.2, 0.25) is 0 Å². The smallest absolute Gasteiger partial charge is 0.292 e. The van der Waals surface area contributed by atoms with Gasteiger partial charge in [0, 0.05) is 11.8 Å². The third-order valence-electron chi connectivity index (χ3n) is 5.55. The molecule has 2 aromatic carbocycles. The van der Waals surface area contributed by atoms with Crippen molar-refractivity contribution >= 4 is 23.2 Å². The highest BCUT2D eigenvalue weighted by Gasteiger charge is 2.46. The van der Waals surface area contributed by atoms with Crippen LogP contribution >= 0.6 is 0 Å². The van der Waals surface area contributed by atoms with Crippen molar-refractivity contribution in [3.8, 4) is 5.75 Å². The van der Waals surface area contributed by atoms with Gasteiger partial charge in [-0.25, -0.2) is 9.29 Å². The fourth-order valence-corrected chi connectivity index (χ4v) is 4.02.